The van der Waals surface area contributed by atoms with Gasteiger partial charge < -0.3 is 14.6 Å². The smallest absolute Gasteiger partial charge is 0.0726 e. The van der Waals surface area contributed by atoms with Gasteiger partial charge in [-0.1, -0.05) is 0 Å². The summed E-state index contributed by atoms with van der Waals surface area (Å²) in [6.07, 6.45) is 3.52. The van der Waals surface area contributed by atoms with Crippen molar-refractivity contribution < 1.29 is 14.6 Å². The topological polar surface area (TPSA) is 38.7 Å². The van der Waals surface area contributed by atoms with Crippen LogP contribution in [0.25, 0.3) is 0 Å². The molecule has 1 unspecified atom stereocenters. The highest BCUT2D eigenvalue weighted by Crippen LogP contribution is 2.40. The quantitative estimate of drug-likeness (QED) is 0.722. The van der Waals surface area contributed by atoms with Crippen molar-refractivity contribution >= 4 is 0 Å². The van der Waals surface area contributed by atoms with Gasteiger partial charge in [-0.25, -0.2) is 0 Å². The first-order valence-corrected chi connectivity index (χ1v) is 5.96. The molecule has 0 saturated carbocycles. The number of ether oxygens (including phenoxy) is 2. The largest absolute Gasteiger partial charge is 0.389 e. The van der Waals surface area contributed by atoms with E-state index in [0.717, 1.165) is 38.9 Å². The van der Waals surface area contributed by atoms with Crippen molar-refractivity contribution in [2.45, 2.75) is 50.7 Å². The lowest BCUT2D eigenvalue weighted by Gasteiger charge is -2.46. The summed E-state index contributed by atoms with van der Waals surface area (Å²) in [6, 6.07) is 0. The van der Waals surface area contributed by atoms with Crippen molar-refractivity contribution in [1.29, 1.82) is 0 Å². The standard InChI is InChI=1S/C12H22O3/c1-11(2)9-12(13,5-8-15-11)10-3-6-14-7-4-10/h10,13H,3-9H2,1-2H3. The molecule has 2 rings (SSSR count). The third kappa shape index (κ3) is 2.52. The van der Waals surface area contributed by atoms with Gasteiger partial charge in [0.25, 0.3) is 0 Å². The third-order valence-corrected chi connectivity index (χ3v) is 3.74. The Morgan fingerprint density at radius 1 is 1.13 bits per heavy atom. The Morgan fingerprint density at radius 2 is 1.80 bits per heavy atom. The lowest BCUT2D eigenvalue weighted by molar-refractivity contribution is -0.176. The predicted molar refractivity (Wildman–Crippen MR) is 57.8 cm³/mol. The molecule has 2 saturated heterocycles. The van der Waals surface area contributed by atoms with Crippen LogP contribution in [0.2, 0.25) is 0 Å². The fourth-order valence-corrected chi connectivity index (χ4v) is 2.96. The van der Waals surface area contributed by atoms with Crippen molar-refractivity contribution in [3.63, 3.8) is 0 Å². The lowest BCUT2D eigenvalue weighted by atomic mass is 9.72. The second-order valence-electron chi connectivity index (χ2n) is 5.53. The zero-order valence-electron chi connectivity index (χ0n) is 9.79. The first-order chi connectivity index (χ1) is 7.02. The molecule has 2 aliphatic heterocycles. The van der Waals surface area contributed by atoms with E-state index in [1.807, 2.05) is 0 Å². The van der Waals surface area contributed by atoms with Crippen LogP contribution < -0.4 is 0 Å². The van der Waals surface area contributed by atoms with Crippen LogP contribution in [0.4, 0.5) is 0 Å². The van der Waals surface area contributed by atoms with Gasteiger partial charge in [0.15, 0.2) is 0 Å². The monoisotopic (exact) mass is 214 g/mol. The summed E-state index contributed by atoms with van der Waals surface area (Å²) >= 11 is 0. The molecular formula is C12H22O3. The summed E-state index contributed by atoms with van der Waals surface area (Å²) in [5.74, 6) is 0.398. The average Bonchev–Trinajstić information content (AvgIpc) is 2.17. The van der Waals surface area contributed by atoms with Crippen LogP contribution >= 0.6 is 0 Å². The molecule has 2 heterocycles. The van der Waals surface area contributed by atoms with Crippen LogP contribution in [-0.4, -0.2) is 36.1 Å². The van der Waals surface area contributed by atoms with Crippen LogP contribution in [0.15, 0.2) is 0 Å². The molecule has 15 heavy (non-hydrogen) atoms. The van der Waals surface area contributed by atoms with Gasteiger partial charge >= 0.3 is 0 Å². The number of hydrogen-bond acceptors (Lipinski definition) is 3. The summed E-state index contributed by atoms with van der Waals surface area (Å²) in [4.78, 5) is 0. The fraction of sp³-hybridized carbons (Fsp3) is 1.00. The molecule has 88 valence electrons. The highest BCUT2D eigenvalue weighted by Gasteiger charge is 2.44. The van der Waals surface area contributed by atoms with Gasteiger partial charge in [-0.05, 0) is 39.0 Å². The Labute approximate surface area is 91.8 Å². The number of rotatable bonds is 1. The first-order valence-electron chi connectivity index (χ1n) is 5.96. The van der Waals surface area contributed by atoms with E-state index >= 15 is 0 Å². The van der Waals surface area contributed by atoms with Crippen molar-refractivity contribution in [3.8, 4) is 0 Å². The van der Waals surface area contributed by atoms with E-state index in [0.29, 0.717) is 12.5 Å². The molecule has 0 spiro atoms. The van der Waals surface area contributed by atoms with Gasteiger partial charge in [0, 0.05) is 19.6 Å². The van der Waals surface area contributed by atoms with Gasteiger partial charge in [0.05, 0.1) is 17.8 Å². The lowest BCUT2D eigenvalue weighted by Crippen LogP contribution is -2.51. The molecule has 0 amide bonds. The SMILES string of the molecule is CC1(C)CC(O)(C2CCOCC2)CCO1. The molecule has 1 N–H and O–H groups in total. The van der Waals surface area contributed by atoms with Crippen molar-refractivity contribution in [2.24, 2.45) is 5.92 Å². The molecule has 0 aromatic heterocycles. The maximum Gasteiger partial charge on any atom is 0.0726 e. The van der Waals surface area contributed by atoms with E-state index in [9.17, 15) is 5.11 Å². The predicted octanol–water partition coefficient (Wildman–Crippen LogP) is 1.73. The van der Waals surface area contributed by atoms with E-state index in [4.69, 9.17) is 9.47 Å². The Hall–Kier alpha value is -0.120. The molecule has 0 bridgehead atoms. The van der Waals surface area contributed by atoms with Gasteiger partial charge in [0.1, 0.15) is 0 Å². The van der Waals surface area contributed by atoms with E-state index in [2.05, 4.69) is 13.8 Å². The minimum atomic E-state index is -0.522. The van der Waals surface area contributed by atoms with Crippen LogP contribution in [0.3, 0.4) is 0 Å². The first kappa shape index (κ1) is 11.4. The molecular weight excluding hydrogens is 192 g/mol. The third-order valence-electron chi connectivity index (χ3n) is 3.74. The van der Waals surface area contributed by atoms with Crippen LogP contribution in [0, 0.1) is 5.92 Å². The van der Waals surface area contributed by atoms with Gasteiger partial charge in [-0.2, -0.15) is 0 Å². The van der Waals surface area contributed by atoms with Gasteiger partial charge in [-0.3, -0.25) is 0 Å². The molecule has 1 atom stereocenters. The summed E-state index contributed by atoms with van der Waals surface area (Å²) < 4.78 is 11.0. The Balaban J connectivity index is 2.04. The van der Waals surface area contributed by atoms with E-state index in [1.54, 1.807) is 0 Å². The number of hydrogen-bond donors (Lipinski definition) is 1. The Kier molecular flexibility index (Phi) is 3.06. The summed E-state index contributed by atoms with van der Waals surface area (Å²) in [5.41, 5.74) is -0.698. The highest BCUT2D eigenvalue weighted by atomic mass is 16.5. The molecule has 0 aliphatic carbocycles. The van der Waals surface area contributed by atoms with Crippen LogP contribution in [-0.2, 0) is 9.47 Å². The second kappa shape index (κ2) is 4.04. The zero-order valence-corrected chi connectivity index (χ0v) is 9.79. The molecule has 0 aromatic rings. The van der Waals surface area contributed by atoms with Crippen molar-refractivity contribution in [2.75, 3.05) is 19.8 Å². The zero-order chi connectivity index (χ0) is 10.9. The molecule has 0 aromatic carbocycles. The average molecular weight is 214 g/mol. The second-order valence-corrected chi connectivity index (χ2v) is 5.53. The Morgan fingerprint density at radius 3 is 2.40 bits per heavy atom. The number of aliphatic hydroxyl groups is 1. The van der Waals surface area contributed by atoms with Gasteiger partial charge in [0.2, 0.25) is 0 Å². The van der Waals surface area contributed by atoms with E-state index in [-0.39, 0.29) is 5.60 Å². The molecule has 3 nitrogen and oxygen atoms in total. The normalized spacial score (nSPS) is 37.8. The molecule has 2 aliphatic rings. The fourth-order valence-electron chi connectivity index (χ4n) is 2.96. The van der Waals surface area contributed by atoms with Crippen molar-refractivity contribution in [3.05, 3.63) is 0 Å². The van der Waals surface area contributed by atoms with E-state index in [1.165, 1.54) is 0 Å². The summed E-state index contributed by atoms with van der Waals surface area (Å²) in [5, 5.41) is 10.7. The van der Waals surface area contributed by atoms with Crippen LogP contribution in [0.1, 0.15) is 39.5 Å². The molecule has 3 heteroatoms. The molecule has 0 radical (unpaired) electrons. The van der Waals surface area contributed by atoms with Crippen LogP contribution in [0.5, 0.6) is 0 Å². The Bertz CT molecular complexity index is 221. The molecule has 2 fully saturated rings. The maximum atomic E-state index is 10.7. The maximum absolute atomic E-state index is 10.7. The van der Waals surface area contributed by atoms with Crippen molar-refractivity contribution in [1.82, 2.24) is 0 Å². The minimum absolute atomic E-state index is 0.175. The van der Waals surface area contributed by atoms with Gasteiger partial charge in [-0.15, -0.1) is 0 Å². The minimum Gasteiger partial charge on any atom is -0.389 e. The highest BCUT2D eigenvalue weighted by molar-refractivity contribution is 4.95. The van der Waals surface area contributed by atoms with E-state index < -0.39 is 5.60 Å². The summed E-state index contributed by atoms with van der Waals surface area (Å²) in [7, 11) is 0. The summed E-state index contributed by atoms with van der Waals surface area (Å²) in [6.45, 7) is 6.41.